The van der Waals surface area contributed by atoms with Gasteiger partial charge in [-0.2, -0.15) is 0 Å². The van der Waals surface area contributed by atoms with E-state index in [9.17, 15) is 0 Å². The maximum absolute atomic E-state index is 4.15. The minimum Gasteiger partial charge on any atom is -0.388 e. The SMILES string of the molecule is C=c1ccc2c(NC)ccc3ccc(C)c1c32. The van der Waals surface area contributed by atoms with Gasteiger partial charge in [-0.05, 0) is 39.9 Å². The van der Waals surface area contributed by atoms with Crippen LogP contribution in [0.1, 0.15) is 5.56 Å². The van der Waals surface area contributed by atoms with Gasteiger partial charge in [0.05, 0.1) is 0 Å². The molecule has 1 nitrogen and oxygen atoms in total. The number of benzene rings is 3. The second-order valence-electron chi connectivity index (χ2n) is 4.49. The third-order valence-corrected chi connectivity index (χ3v) is 3.48. The molecule has 3 aromatic carbocycles. The van der Waals surface area contributed by atoms with Crippen LogP contribution in [0, 0.1) is 6.92 Å². The van der Waals surface area contributed by atoms with Crippen molar-refractivity contribution in [1.29, 1.82) is 0 Å². The summed E-state index contributed by atoms with van der Waals surface area (Å²) >= 11 is 0. The highest BCUT2D eigenvalue weighted by Gasteiger charge is 2.07. The lowest BCUT2D eigenvalue weighted by molar-refractivity contribution is 1.51. The van der Waals surface area contributed by atoms with E-state index >= 15 is 0 Å². The van der Waals surface area contributed by atoms with E-state index in [1.54, 1.807) is 0 Å². The van der Waals surface area contributed by atoms with Crippen molar-refractivity contribution in [2.24, 2.45) is 0 Å². The average molecular weight is 221 g/mol. The first-order valence-corrected chi connectivity index (χ1v) is 5.84. The van der Waals surface area contributed by atoms with Gasteiger partial charge in [-0.1, -0.05) is 36.9 Å². The Morgan fingerprint density at radius 1 is 0.941 bits per heavy atom. The van der Waals surface area contributed by atoms with Gasteiger partial charge < -0.3 is 5.32 Å². The molecule has 0 saturated carbocycles. The zero-order chi connectivity index (χ0) is 12.0. The fourth-order valence-corrected chi connectivity index (χ4v) is 2.62. The van der Waals surface area contributed by atoms with Crippen molar-refractivity contribution in [2.45, 2.75) is 6.92 Å². The van der Waals surface area contributed by atoms with Gasteiger partial charge >= 0.3 is 0 Å². The van der Waals surface area contributed by atoms with Gasteiger partial charge in [0.1, 0.15) is 0 Å². The van der Waals surface area contributed by atoms with Crippen molar-refractivity contribution in [3.63, 3.8) is 0 Å². The highest BCUT2D eigenvalue weighted by Crippen LogP contribution is 2.31. The molecule has 0 aliphatic rings. The Balaban J connectivity index is 2.69. The Bertz CT molecular complexity index is 756. The first kappa shape index (κ1) is 10.2. The summed E-state index contributed by atoms with van der Waals surface area (Å²) in [5.74, 6) is 0. The summed E-state index contributed by atoms with van der Waals surface area (Å²) in [6, 6.07) is 12.9. The average Bonchev–Trinajstić information content (AvgIpc) is 2.35. The molecule has 3 rings (SSSR count). The zero-order valence-electron chi connectivity index (χ0n) is 10.2. The summed E-state index contributed by atoms with van der Waals surface area (Å²) < 4.78 is 0. The summed E-state index contributed by atoms with van der Waals surface area (Å²) in [6.45, 7) is 6.30. The highest BCUT2D eigenvalue weighted by molar-refractivity contribution is 6.15. The predicted octanol–water partition coefficient (Wildman–Crippen LogP) is 3.47. The molecule has 1 N–H and O–H groups in total. The minimum atomic E-state index is 1.11. The van der Waals surface area contributed by atoms with E-state index in [1.807, 2.05) is 7.05 Å². The third-order valence-electron chi connectivity index (χ3n) is 3.48. The smallest absolute Gasteiger partial charge is 0.0417 e. The van der Waals surface area contributed by atoms with Crippen LogP contribution in [0.25, 0.3) is 28.1 Å². The summed E-state index contributed by atoms with van der Waals surface area (Å²) in [5.41, 5.74) is 2.47. The Morgan fingerprint density at radius 3 is 2.47 bits per heavy atom. The van der Waals surface area contributed by atoms with E-state index < -0.39 is 0 Å². The fraction of sp³-hybridized carbons (Fsp3) is 0.125. The summed E-state index contributed by atoms with van der Waals surface area (Å²) in [5, 5.41) is 9.53. The summed E-state index contributed by atoms with van der Waals surface area (Å²) in [7, 11) is 1.96. The van der Waals surface area contributed by atoms with Crippen molar-refractivity contribution >= 4 is 33.8 Å². The molecule has 0 aliphatic carbocycles. The van der Waals surface area contributed by atoms with Crippen molar-refractivity contribution in [2.75, 3.05) is 12.4 Å². The molecule has 0 saturated heterocycles. The third kappa shape index (κ3) is 1.32. The fourth-order valence-electron chi connectivity index (χ4n) is 2.62. The molecule has 0 heterocycles. The van der Waals surface area contributed by atoms with Crippen molar-refractivity contribution in [3.8, 4) is 0 Å². The molecule has 0 amide bonds. The Kier molecular flexibility index (Phi) is 2.08. The van der Waals surface area contributed by atoms with Gasteiger partial charge in [0.15, 0.2) is 0 Å². The van der Waals surface area contributed by atoms with Gasteiger partial charge in [-0.25, -0.2) is 0 Å². The topological polar surface area (TPSA) is 12.0 Å². The number of aryl methyl sites for hydroxylation is 1. The maximum atomic E-state index is 4.15. The monoisotopic (exact) mass is 221 g/mol. The molecule has 17 heavy (non-hydrogen) atoms. The lowest BCUT2D eigenvalue weighted by Gasteiger charge is -2.12. The standard InChI is InChI=1S/C16H15N/c1-10-4-6-12-7-9-14(17-3)13-8-5-11(2)15(10)16(12)13/h4-9,17H,2H2,1,3H3. The maximum Gasteiger partial charge on any atom is 0.0417 e. The molecule has 0 bridgehead atoms. The molecule has 0 radical (unpaired) electrons. The molecule has 0 aliphatic heterocycles. The lowest BCUT2D eigenvalue weighted by Crippen LogP contribution is -2.02. The van der Waals surface area contributed by atoms with E-state index in [-0.39, 0.29) is 0 Å². The van der Waals surface area contributed by atoms with Crippen LogP contribution < -0.4 is 10.5 Å². The van der Waals surface area contributed by atoms with E-state index in [4.69, 9.17) is 0 Å². The number of hydrogen-bond donors (Lipinski definition) is 1. The molecule has 0 aromatic heterocycles. The molecular weight excluding hydrogens is 206 g/mol. The number of anilines is 1. The van der Waals surface area contributed by atoms with Crippen molar-refractivity contribution in [1.82, 2.24) is 0 Å². The van der Waals surface area contributed by atoms with E-state index in [0.29, 0.717) is 0 Å². The summed E-state index contributed by atoms with van der Waals surface area (Å²) in [4.78, 5) is 0. The summed E-state index contributed by atoms with van der Waals surface area (Å²) in [6.07, 6.45) is 0. The zero-order valence-corrected chi connectivity index (χ0v) is 10.2. The lowest BCUT2D eigenvalue weighted by atomic mass is 9.95. The molecule has 1 heteroatoms. The molecule has 0 fully saturated rings. The van der Waals surface area contributed by atoms with E-state index in [2.05, 4.69) is 55.2 Å². The number of nitrogens with one attached hydrogen (secondary N) is 1. The van der Waals surface area contributed by atoms with Crippen LogP contribution in [-0.2, 0) is 0 Å². The Hall–Kier alpha value is -2.02. The number of rotatable bonds is 1. The minimum absolute atomic E-state index is 1.11. The molecule has 3 aromatic rings. The van der Waals surface area contributed by atoms with Crippen LogP contribution in [0.3, 0.4) is 0 Å². The largest absolute Gasteiger partial charge is 0.388 e. The Morgan fingerprint density at radius 2 is 1.71 bits per heavy atom. The van der Waals surface area contributed by atoms with Crippen LogP contribution in [0.4, 0.5) is 5.69 Å². The molecule has 84 valence electrons. The van der Waals surface area contributed by atoms with Gasteiger partial charge in [0, 0.05) is 18.1 Å². The van der Waals surface area contributed by atoms with Crippen LogP contribution in [0.2, 0.25) is 0 Å². The first-order valence-electron chi connectivity index (χ1n) is 5.84. The van der Waals surface area contributed by atoms with Gasteiger partial charge in [0.2, 0.25) is 0 Å². The van der Waals surface area contributed by atoms with Crippen LogP contribution in [0.15, 0.2) is 36.4 Å². The Labute approximate surface area is 101 Å². The van der Waals surface area contributed by atoms with Gasteiger partial charge in [0.25, 0.3) is 0 Å². The highest BCUT2D eigenvalue weighted by atomic mass is 14.8. The quantitative estimate of drug-likeness (QED) is 0.663. The predicted molar refractivity (Wildman–Crippen MR) is 76.5 cm³/mol. The first-order chi connectivity index (χ1) is 8.22. The van der Waals surface area contributed by atoms with Crippen LogP contribution in [0.5, 0.6) is 0 Å². The van der Waals surface area contributed by atoms with Gasteiger partial charge in [-0.3, -0.25) is 0 Å². The van der Waals surface area contributed by atoms with Crippen LogP contribution in [-0.4, -0.2) is 7.05 Å². The van der Waals surface area contributed by atoms with E-state index in [0.717, 1.165) is 5.22 Å². The van der Waals surface area contributed by atoms with Crippen molar-refractivity contribution < 1.29 is 0 Å². The van der Waals surface area contributed by atoms with Crippen LogP contribution >= 0.6 is 0 Å². The second-order valence-corrected chi connectivity index (χ2v) is 4.49. The van der Waals surface area contributed by atoms with Gasteiger partial charge in [-0.15, -0.1) is 0 Å². The molecule has 0 spiro atoms. The molecule has 0 atom stereocenters. The molecule has 0 unspecified atom stereocenters. The number of hydrogen-bond acceptors (Lipinski definition) is 1. The normalized spacial score (nSPS) is 11.2. The molecular formula is C16H15N. The second kappa shape index (κ2) is 3.49. The van der Waals surface area contributed by atoms with Crippen molar-refractivity contribution in [3.05, 3.63) is 47.2 Å². The van der Waals surface area contributed by atoms with E-state index in [1.165, 1.54) is 32.8 Å².